The van der Waals surface area contributed by atoms with E-state index in [1.54, 1.807) is 14.2 Å². The summed E-state index contributed by atoms with van der Waals surface area (Å²) in [6.45, 7) is 18.8. The lowest BCUT2D eigenvalue weighted by atomic mass is 9.80. The summed E-state index contributed by atoms with van der Waals surface area (Å²) in [5.41, 5.74) is 3.92. The van der Waals surface area contributed by atoms with Gasteiger partial charge < -0.3 is 18.9 Å². The Labute approximate surface area is 291 Å². The molecule has 0 amide bonds. The summed E-state index contributed by atoms with van der Waals surface area (Å²) in [6.07, 6.45) is 7.41. The minimum Gasteiger partial charge on any atom is -0.376 e. The molecule has 0 fully saturated rings. The maximum absolute atomic E-state index is 6.88. The summed E-state index contributed by atoms with van der Waals surface area (Å²) >= 11 is 0. The Morgan fingerprint density at radius 1 is 0.479 bits per heavy atom. The van der Waals surface area contributed by atoms with Crippen LogP contribution in [0.5, 0.6) is 0 Å². The van der Waals surface area contributed by atoms with Crippen LogP contribution in [0.3, 0.4) is 0 Å². The minimum absolute atomic E-state index is 0.315. The van der Waals surface area contributed by atoms with Gasteiger partial charge in [0.1, 0.15) is 0 Å². The van der Waals surface area contributed by atoms with Crippen LogP contribution < -0.4 is 0 Å². The molecular formula is C44H62O4. The van der Waals surface area contributed by atoms with Crippen LogP contribution in [-0.2, 0) is 31.8 Å². The fraction of sp³-hybridized carbons (Fsp3) is 0.545. The first-order valence-electron chi connectivity index (χ1n) is 18.3. The second-order valence-corrected chi connectivity index (χ2v) is 15.0. The second kappa shape index (κ2) is 16.3. The number of hydrogen-bond donors (Lipinski definition) is 0. The van der Waals surface area contributed by atoms with Gasteiger partial charge in [-0.25, -0.2) is 0 Å². The maximum Gasteiger partial charge on any atom is 0.0880 e. The van der Waals surface area contributed by atoms with Gasteiger partial charge in [-0.3, -0.25) is 0 Å². The first kappa shape index (κ1) is 38.0. The van der Waals surface area contributed by atoms with Crippen LogP contribution in [0.1, 0.15) is 105 Å². The van der Waals surface area contributed by atoms with E-state index in [9.17, 15) is 0 Å². The lowest BCUT2D eigenvalue weighted by Gasteiger charge is -2.37. The van der Waals surface area contributed by atoms with Crippen molar-refractivity contribution in [1.29, 1.82) is 0 Å². The molecule has 4 heteroatoms. The molecule has 0 bridgehead atoms. The molecule has 4 unspecified atom stereocenters. The Morgan fingerprint density at radius 3 is 1.19 bits per heavy atom. The molecule has 4 aromatic rings. The normalized spacial score (nSPS) is 17.1. The summed E-state index contributed by atoms with van der Waals surface area (Å²) in [6, 6.07) is 27.0. The lowest BCUT2D eigenvalue weighted by molar-refractivity contribution is -0.124. The summed E-state index contributed by atoms with van der Waals surface area (Å²) in [5.74, 6) is 0. The molecule has 4 rings (SSSR count). The molecule has 0 heterocycles. The second-order valence-electron chi connectivity index (χ2n) is 15.0. The number of rotatable bonds is 19. The number of benzene rings is 4. The maximum atomic E-state index is 6.88. The first-order valence-corrected chi connectivity index (χ1v) is 18.3. The Bertz CT molecular complexity index is 1500. The molecule has 0 saturated heterocycles. The van der Waals surface area contributed by atoms with Gasteiger partial charge in [-0.1, -0.05) is 113 Å². The fourth-order valence-electron chi connectivity index (χ4n) is 7.07. The number of fused-ring (bicyclic) bond motifs is 2. The van der Waals surface area contributed by atoms with E-state index < -0.39 is 0 Å². The van der Waals surface area contributed by atoms with Gasteiger partial charge in [0.2, 0.25) is 0 Å². The van der Waals surface area contributed by atoms with Crippen molar-refractivity contribution >= 4 is 21.5 Å². The monoisotopic (exact) mass is 654 g/mol. The number of hydrogen-bond acceptors (Lipinski definition) is 4. The molecule has 0 aromatic heterocycles. The largest absolute Gasteiger partial charge is 0.376 e. The predicted octanol–water partition coefficient (Wildman–Crippen LogP) is 11.5. The lowest BCUT2D eigenvalue weighted by Crippen LogP contribution is -2.40. The van der Waals surface area contributed by atoms with E-state index in [1.165, 1.54) is 43.8 Å². The predicted molar refractivity (Wildman–Crippen MR) is 204 cm³/mol. The number of methoxy groups -OCH3 is 2. The van der Waals surface area contributed by atoms with Crippen LogP contribution in [0.25, 0.3) is 32.7 Å². The van der Waals surface area contributed by atoms with Crippen LogP contribution >= 0.6 is 0 Å². The molecule has 4 atom stereocenters. The Hall–Kier alpha value is -2.76. The summed E-state index contributed by atoms with van der Waals surface area (Å²) < 4.78 is 25.6. The third-order valence-electron chi connectivity index (χ3n) is 10.9. The van der Waals surface area contributed by atoms with Crippen LogP contribution in [0.2, 0.25) is 0 Å². The van der Waals surface area contributed by atoms with E-state index in [4.69, 9.17) is 18.9 Å². The highest BCUT2D eigenvalue weighted by Crippen LogP contribution is 2.43. The first-order chi connectivity index (χ1) is 22.9. The zero-order valence-electron chi connectivity index (χ0n) is 31.6. The fourth-order valence-corrected chi connectivity index (χ4v) is 7.07. The van der Waals surface area contributed by atoms with Gasteiger partial charge in [0.15, 0.2) is 0 Å². The Morgan fingerprint density at radius 2 is 0.854 bits per heavy atom. The zero-order valence-corrected chi connectivity index (χ0v) is 31.6. The number of ether oxygens (including phenoxy) is 4. The van der Waals surface area contributed by atoms with Crippen LogP contribution in [-0.4, -0.2) is 49.8 Å². The van der Waals surface area contributed by atoms with Crippen LogP contribution in [0.15, 0.2) is 72.8 Å². The smallest absolute Gasteiger partial charge is 0.0880 e. The molecule has 262 valence electrons. The Kier molecular flexibility index (Phi) is 12.9. The molecule has 4 nitrogen and oxygen atoms in total. The van der Waals surface area contributed by atoms with E-state index in [0.717, 1.165) is 51.4 Å². The molecule has 0 radical (unpaired) electrons. The molecule has 0 saturated carbocycles. The van der Waals surface area contributed by atoms with E-state index in [2.05, 4.69) is 128 Å². The van der Waals surface area contributed by atoms with Gasteiger partial charge in [0, 0.05) is 27.1 Å². The van der Waals surface area contributed by atoms with Gasteiger partial charge in [-0.05, 0) is 97.2 Å². The molecule has 0 aliphatic heterocycles. The third-order valence-corrected chi connectivity index (χ3v) is 10.9. The quantitative estimate of drug-likeness (QED) is 0.101. The van der Waals surface area contributed by atoms with Crippen molar-refractivity contribution in [3.8, 4) is 11.1 Å². The highest BCUT2D eigenvalue weighted by atomic mass is 16.6. The van der Waals surface area contributed by atoms with Crippen molar-refractivity contribution in [2.24, 2.45) is 0 Å². The molecule has 0 N–H and O–H groups in total. The third kappa shape index (κ3) is 8.87. The van der Waals surface area contributed by atoms with Gasteiger partial charge in [-0.15, -0.1) is 0 Å². The van der Waals surface area contributed by atoms with Gasteiger partial charge in [-0.2, -0.15) is 0 Å². The molecule has 0 spiro atoms. The zero-order chi connectivity index (χ0) is 35.0. The van der Waals surface area contributed by atoms with Gasteiger partial charge >= 0.3 is 0 Å². The highest BCUT2D eigenvalue weighted by molar-refractivity contribution is 6.07. The van der Waals surface area contributed by atoms with Crippen molar-refractivity contribution < 1.29 is 18.9 Å². The highest BCUT2D eigenvalue weighted by Gasteiger charge is 2.34. The molecular weight excluding hydrogens is 592 g/mol. The van der Waals surface area contributed by atoms with E-state index in [-0.39, 0.29) is 22.4 Å². The van der Waals surface area contributed by atoms with E-state index in [0.29, 0.717) is 13.2 Å². The molecule has 0 aliphatic carbocycles. The molecule has 0 aliphatic rings. The van der Waals surface area contributed by atoms with Crippen LogP contribution in [0, 0.1) is 0 Å². The topological polar surface area (TPSA) is 36.9 Å². The summed E-state index contributed by atoms with van der Waals surface area (Å²) in [7, 11) is 3.59. The van der Waals surface area contributed by atoms with Crippen molar-refractivity contribution in [3.05, 3.63) is 83.9 Å². The van der Waals surface area contributed by atoms with Gasteiger partial charge in [0.25, 0.3) is 0 Å². The summed E-state index contributed by atoms with van der Waals surface area (Å²) in [4.78, 5) is 0. The molecule has 48 heavy (non-hydrogen) atoms. The van der Waals surface area contributed by atoms with Crippen molar-refractivity contribution in [2.45, 2.75) is 129 Å². The molecule has 4 aromatic carbocycles. The van der Waals surface area contributed by atoms with E-state index in [1.807, 2.05) is 0 Å². The van der Waals surface area contributed by atoms with Crippen LogP contribution in [0.4, 0.5) is 0 Å². The minimum atomic E-state index is -0.351. The average molecular weight is 655 g/mol. The van der Waals surface area contributed by atoms with E-state index >= 15 is 0 Å². The van der Waals surface area contributed by atoms with Crippen molar-refractivity contribution in [2.75, 3.05) is 27.4 Å². The standard InChI is InChI=1S/C44H62O4/c1-11-27-43(7,47-31-41(5,13-3)45-9)29-35-25-23-33-19-15-17-21-37(33)39(35)40-36(26-24-34-20-16-18-22-38(34)40)30-44(8,28-12-2)48-32-42(6,14-4)46-10/h15-26H,11-14,27-32H2,1-10H3. The van der Waals surface area contributed by atoms with Gasteiger partial charge in [0.05, 0.1) is 35.6 Å². The summed E-state index contributed by atoms with van der Waals surface area (Å²) in [5, 5.41) is 5.05. The average Bonchev–Trinajstić information content (AvgIpc) is 3.10. The Balaban J connectivity index is 1.93. The SMILES string of the molecule is CCCC(C)(Cc1ccc2ccccc2c1-c1c(CC(C)(CCC)OCC(C)(CC)OC)ccc2ccccc12)OCC(C)(CC)OC. The van der Waals surface area contributed by atoms with Crippen molar-refractivity contribution in [1.82, 2.24) is 0 Å². The van der Waals surface area contributed by atoms with Crippen molar-refractivity contribution in [3.63, 3.8) is 0 Å².